The summed E-state index contributed by atoms with van der Waals surface area (Å²) in [6.07, 6.45) is 5.08. The molecule has 0 saturated carbocycles. The zero-order valence-electron chi connectivity index (χ0n) is 14.6. The average Bonchev–Trinajstić information content (AvgIpc) is 2.41. The van der Waals surface area contributed by atoms with Crippen molar-refractivity contribution in [1.82, 2.24) is 9.03 Å². The third kappa shape index (κ3) is 12.5. The molecule has 0 unspecified atom stereocenters. The van der Waals surface area contributed by atoms with Crippen molar-refractivity contribution in [1.29, 1.82) is 0 Å². The molecule has 0 atom stereocenters. The first-order chi connectivity index (χ1) is 10.9. The van der Waals surface area contributed by atoms with Crippen molar-refractivity contribution in [2.45, 2.75) is 32.6 Å². The molecule has 0 aliphatic rings. The molecule has 0 spiro atoms. The molecule has 24 heavy (non-hydrogen) atoms. The molecule has 0 aromatic rings. The highest BCUT2D eigenvalue weighted by molar-refractivity contribution is 7.88. The second-order valence-corrected chi connectivity index (χ2v) is 9.47. The number of carbonyl (C=O) groups excluding carboxylic acids is 1. The van der Waals surface area contributed by atoms with Crippen LogP contribution in [-0.4, -0.2) is 65.9 Å². The van der Waals surface area contributed by atoms with Crippen LogP contribution in [0.25, 0.3) is 0 Å². The van der Waals surface area contributed by atoms with Crippen LogP contribution >= 0.6 is 0 Å². The molecule has 0 bridgehead atoms. The normalized spacial score (nSPS) is 12.3. The molecule has 0 aliphatic heterocycles. The quantitative estimate of drug-likeness (QED) is 0.281. The van der Waals surface area contributed by atoms with Gasteiger partial charge in [0.1, 0.15) is 0 Å². The molecule has 1 N–H and O–H groups in total. The first kappa shape index (κ1) is 23.0. The number of esters is 1. The molecule has 0 rings (SSSR count). The Hall–Kier alpha value is -0.970. The van der Waals surface area contributed by atoms with Crippen LogP contribution in [0.5, 0.6) is 0 Å². The van der Waals surface area contributed by atoms with E-state index in [-0.39, 0.29) is 13.1 Å². The molecule has 0 aliphatic carbocycles. The third-order valence-electron chi connectivity index (χ3n) is 3.08. The van der Waals surface area contributed by atoms with Gasteiger partial charge in [0.2, 0.25) is 20.0 Å². The Morgan fingerprint density at radius 3 is 2.12 bits per heavy atom. The maximum atomic E-state index is 11.7. The Morgan fingerprint density at radius 2 is 1.62 bits per heavy atom. The van der Waals surface area contributed by atoms with Gasteiger partial charge in [-0.1, -0.05) is 19.4 Å². The van der Waals surface area contributed by atoms with Crippen LogP contribution in [0.4, 0.5) is 0 Å². The summed E-state index contributed by atoms with van der Waals surface area (Å²) in [6.45, 7) is 5.86. The zero-order chi connectivity index (χ0) is 18.8. The minimum Gasteiger partial charge on any atom is -0.462 e. The first-order valence-electron chi connectivity index (χ1n) is 7.66. The average molecular weight is 385 g/mol. The van der Waals surface area contributed by atoms with E-state index in [1.807, 2.05) is 0 Å². The van der Waals surface area contributed by atoms with Crippen molar-refractivity contribution < 1.29 is 26.4 Å². The number of nitrogens with one attached hydrogen (secondary N) is 1. The van der Waals surface area contributed by atoms with Crippen LogP contribution in [0.15, 0.2) is 12.2 Å². The van der Waals surface area contributed by atoms with Crippen LogP contribution in [0.3, 0.4) is 0 Å². The molecular formula is C14H28N2O6S2. The van der Waals surface area contributed by atoms with Crippen molar-refractivity contribution in [2.24, 2.45) is 0 Å². The summed E-state index contributed by atoms with van der Waals surface area (Å²) in [5, 5.41) is 0. The maximum absolute atomic E-state index is 11.7. The fourth-order valence-electron chi connectivity index (χ4n) is 1.83. The Balaban J connectivity index is 4.00. The number of rotatable bonds is 13. The van der Waals surface area contributed by atoms with Crippen LogP contribution in [0.1, 0.15) is 32.6 Å². The highest BCUT2D eigenvalue weighted by Gasteiger charge is 2.16. The van der Waals surface area contributed by atoms with Crippen molar-refractivity contribution in [3.63, 3.8) is 0 Å². The predicted molar refractivity (Wildman–Crippen MR) is 93.5 cm³/mol. The van der Waals surface area contributed by atoms with Crippen molar-refractivity contribution in [3.05, 3.63) is 12.2 Å². The summed E-state index contributed by atoms with van der Waals surface area (Å²) < 4.78 is 53.8. The molecule has 0 fully saturated rings. The lowest BCUT2D eigenvalue weighted by atomic mass is 10.2. The van der Waals surface area contributed by atoms with Gasteiger partial charge >= 0.3 is 5.97 Å². The summed E-state index contributed by atoms with van der Waals surface area (Å²) in [6, 6.07) is 0. The van der Waals surface area contributed by atoms with Gasteiger partial charge in [0.15, 0.2) is 0 Å². The lowest BCUT2D eigenvalue weighted by molar-refractivity contribution is -0.139. The Labute approximate surface area is 145 Å². The van der Waals surface area contributed by atoms with Crippen LogP contribution < -0.4 is 4.72 Å². The highest BCUT2D eigenvalue weighted by atomic mass is 32.2. The summed E-state index contributed by atoms with van der Waals surface area (Å²) in [5.41, 5.74) is 0.362. The van der Waals surface area contributed by atoms with Crippen LogP contribution in [0, 0.1) is 0 Å². The van der Waals surface area contributed by atoms with Crippen molar-refractivity contribution in [3.8, 4) is 0 Å². The van der Waals surface area contributed by atoms with Gasteiger partial charge in [0.05, 0.1) is 19.1 Å². The molecule has 10 heteroatoms. The molecule has 0 aromatic carbocycles. The molecule has 8 nitrogen and oxygen atoms in total. The van der Waals surface area contributed by atoms with Crippen LogP contribution in [0.2, 0.25) is 0 Å². The van der Waals surface area contributed by atoms with Crippen molar-refractivity contribution >= 4 is 26.0 Å². The Morgan fingerprint density at radius 1 is 1.04 bits per heavy atom. The minimum absolute atomic E-state index is 0.0444. The Kier molecular flexibility index (Phi) is 10.4. The van der Waals surface area contributed by atoms with E-state index in [2.05, 4.69) is 11.3 Å². The number of unbranched alkanes of at least 4 members (excludes halogenated alkanes) is 3. The molecule has 0 heterocycles. The van der Waals surface area contributed by atoms with Crippen molar-refractivity contribution in [2.75, 3.05) is 38.8 Å². The second-order valence-electron chi connectivity index (χ2n) is 5.66. The molecule has 0 aromatic heterocycles. The smallest absolute Gasteiger partial charge is 0.333 e. The van der Waals surface area contributed by atoms with E-state index < -0.39 is 26.0 Å². The number of nitrogens with zero attached hydrogens (tertiary/aromatic N) is 1. The summed E-state index contributed by atoms with van der Waals surface area (Å²) in [5.74, 6) is -0.406. The number of carbonyl (C=O) groups is 1. The number of sulfonamides is 2. The standard InChI is InChI=1S/C14H28N2O6S2/c1-13(2)14(17)22-12-8-6-5-7-10-16(24(4,20)21)11-9-15-23(3,18)19/h15H,1,5-12H2,2-4H3. The van der Waals surface area contributed by atoms with E-state index in [9.17, 15) is 21.6 Å². The number of hydrogen-bond acceptors (Lipinski definition) is 6. The van der Waals surface area contributed by atoms with E-state index >= 15 is 0 Å². The minimum atomic E-state index is -3.38. The monoisotopic (exact) mass is 384 g/mol. The van der Waals surface area contributed by atoms with E-state index in [1.54, 1.807) is 6.92 Å². The fourth-order valence-corrected chi connectivity index (χ4v) is 3.18. The number of ether oxygens (including phenoxy) is 1. The van der Waals surface area contributed by atoms with E-state index in [0.717, 1.165) is 25.4 Å². The SMILES string of the molecule is C=C(C)C(=O)OCCCCCCN(CCNS(C)(=O)=O)S(C)(=O)=O. The first-order valence-corrected chi connectivity index (χ1v) is 11.4. The molecule has 142 valence electrons. The predicted octanol–water partition coefficient (Wildman–Crippen LogP) is 0.477. The van der Waals surface area contributed by atoms with E-state index in [1.165, 1.54) is 4.31 Å². The fraction of sp³-hybridized carbons (Fsp3) is 0.786. The second kappa shape index (κ2) is 10.8. The summed E-state index contributed by atoms with van der Waals surface area (Å²) in [4.78, 5) is 11.2. The summed E-state index contributed by atoms with van der Waals surface area (Å²) in [7, 11) is -6.71. The summed E-state index contributed by atoms with van der Waals surface area (Å²) >= 11 is 0. The number of hydrogen-bond donors (Lipinski definition) is 1. The van der Waals surface area contributed by atoms with E-state index in [4.69, 9.17) is 4.74 Å². The van der Waals surface area contributed by atoms with Crippen LogP contribution in [-0.2, 0) is 29.6 Å². The topological polar surface area (TPSA) is 110 Å². The van der Waals surface area contributed by atoms with Gasteiger partial charge in [-0.2, -0.15) is 0 Å². The van der Waals surface area contributed by atoms with Gasteiger partial charge in [-0.05, 0) is 19.8 Å². The molecule has 0 amide bonds. The zero-order valence-corrected chi connectivity index (χ0v) is 16.2. The lowest BCUT2D eigenvalue weighted by Gasteiger charge is -2.19. The maximum Gasteiger partial charge on any atom is 0.333 e. The molecule has 0 saturated heterocycles. The van der Waals surface area contributed by atoms with Gasteiger partial charge in [0.25, 0.3) is 0 Å². The third-order valence-corrected chi connectivity index (χ3v) is 5.11. The molecular weight excluding hydrogens is 356 g/mol. The highest BCUT2D eigenvalue weighted by Crippen LogP contribution is 2.06. The Bertz CT molecular complexity index is 613. The van der Waals surface area contributed by atoms with Gasteiger partial charge in [-0.15, -0.1) is 0 Å². The van der Waals surface area contributed by atoms with Gasteiger partial charge < -0.3 is 4.74 Å². The largest absolute Gasteiger partial charge is 0.462 e. The molecule has 0 radical (unpaired) electrons. The lowest BCUT2D eigenvalue weighted by Crippen LogP contribution is -2.38. The van der Waals surface area contributed by atoms with Gasteiger partial charge in [-0.25, -0.2) is 30.7 Å². The van der Waals surface area contributed by atoms with Gasteiger partial charge in [-0.3, -0.25) is 0 Å². The van der Waals surface area contributed by atoms with Gasteiger partial charge in [0, 0.05) is 25.2 Å². The van der Waals surface area contributed by atoms with E-state index in [0.29, 0.717) is 31.6 Å².